The molecular formula is C128H188N18O2. The van der Waals surface area contributed by atoms with E-state index in [1.54, 1.807) is 6.20 Å². The third kappa shape index (κ3) is 42.1. The zero-order chi connectivity index (χ0) is 108. The lowest BCUT2D eigenvalue weighted by Gasteiger charge is -2.30. The zero-order valence-corrected chi connectivity index (χ0v) is 96.8. The van der Waals surface area contributed by atoms with Crippen LogP contribution in [0.4, 0.5) is 40.7 Å². The van der Waals surface area contributed by atoms with Gasteiger partial charge < -0.3 is 44.6 Å². The second-order valence-electron chi connectivity index (χ2n) is 43.2. The first kappa shape index (κ1) is 123. The highest BCUT2D eigenvalue weighted by Gasteiger charge is 2.22. The minimum atomic E-state index is 0.437. The standard InChI is InChI=1S/2C13H20N2.2C12H18N2.C12H20N2.2C12H13N.C11H18N2.C11H17NO.C10H16N2.C10H15NO/c1-11(2)12-7-6-8-14-13(12)15-9-4-3-5-10-15;1-11(2)12-6-7-13(14-10-12)15-8-4-3-5-9-15;1-10(2)11-6-5-7-13-12(11)14-8-3-4-9-14;1-10(2)11-5-6-12(13-9-11)14-7-3-4-8-14;1-9(2)8-14-12-11(10(3)4)6-5-7-13-12;1-9(2)12-7-10-5-3-4-6-11(10)8-13-12;1-9(2)12-11-6-4-3-5-10(11)7-8-13-12;1-8(2)10-6-5-7-12-11(10)13-9(3)4;1-5-13-11-10(8(2)3)6-9(4)7-12-11;1-8(2)9-6-5-7-11-10(9)12(3)4;1-4-12-10-9(8(2)3)6-5-7-11-10/h6-8,11H,3-5,9-10H2,1-2H3;6-7,10-11H,3-5,8-9H2,1-2H3;5-7,10H,3-4,8-9H2,1-2H3;5-6,9-10H,3-4,7-8H2,1-2H3;5-7,9-10H,8H2,1-4H3,(H,13,14);2*3-9H,1-2H3;5-9H,1-4H3,(H,12,13);6-8H,5H2,1-4H3;5-8H,1-4H3;5-8H,4H2,1-3H3. The Balaban J connectivity index is 0.000000220. The maximum atomic E-state index is 5.44. The molecule has 17 rings (SSSR count). The molecule has 4 fully saturated rings. The fourth-order valence-electron chi connectivity index (χ4n) is 17.4. The van der Waals surface area contributed by atoms with Crippen molar-refractivity contribution in [2.45, 2.75) is 336 Å². The number of pyridine rings is 11. The number of benzene rings is 2. The van der Waals surface area contributed by atoms with E-state index in [0.29, 0.717) is 90.3 Å². The van der Waals surface area contributed by atoms with Crippen LogP contribution < -0.4 is 44.6 Å². The molecule has 2 N–H and O–H groups in total. The van der Waals surface area contributed by atoms with E-state index in [-0.39, 0.29) is 0 Å². The molecule has 802 valence electrons. The smallest absolute Gasteiger partial charge is 0.216 e. The second kappa shape index (κ2) is 66.3. The summed E-state index contributed by atoms with van der Waals surface area (Å²) in [4.78, 5) is 60.0. The van der Waals surface area contributed by atoms with Gasteiger partial charge in [-0.3, -0.25) is 9.97 Å². The van der Waals surface area contributed by atoms with Gasteiger partial charge in [0, 0.05) is 175 Å². The van der Waals surface area contributed by atoms with Gasteiger partial charge in [0.2, 0.25) is 11.8 Å². The molecule has 0 atom stereocenters. The van der Waals surface area contributed by atoms with Crippen LogP contribution in [0.25, 0.3) is 21.5 Å². The summed E-state index contributed by atoms with van der Waals surface area (Å²) in [5.74, 6) is 15.9. The number of aromatic nitrogens is 11. The number of nitrogens with one attached hydrogen (secondary N) is 2. The molecule has 4 saturated heterocycles. The molecule has 20 heteroatoms. The van der Waals surface area contributed by atoms with Gasteiger partial charge in [-0.05, 0) is 292 Å². The molecule has 0 bridgehead atoms. The number of hydrogen-bond donors (Lipinski definition) is 2. The molecule has 0 aliphatic carbocycles. The molecule has 148 heavy (non-hydrogen) atoms. The normalized spacial score (nSPS) is 13.2. The van der Waals surface area contributed by atoms with Crippen molar-refractivity contribution >= 4 is 62.3 Å². The summed E-state index contributed by atoms with van der Waals surface area (Å²) >= 11 is 0. The van der Waals surface area contributed by atoms with Gasteiger partial charge in [-0.25, -0.2) is 44.9 Å². The van der Waals surface area contributed by atoms with Crippen molar-refractivity contribution in [1.29, 1.82) is 0 Å². The van der Waals surface area contributed by atoms with Crippen LogP contribution in [0.3, 0.4) is 0 Å². The van der Waals surface area contributed by atoms with Crippen molar-refractivity contribution in [3.63, 3.8) is 0 Å². The van der Waals surface area contributed by atoms with E-state index < -0.39 is 0 Å². The van der Waals surface area contributed by atoms with Crippen molar-refractivity contribution < 1.29 is 9.47 Å². The Morgan fingerprint density at radius 2 is 0.703 bits per heavy atom. The lowest BCUT2D eigenvalue weighted by molar-refractivity contribution is 0.321. The van der Waals surface area contributed by atoms with Crippen molar-refractivity contribution in [2.75, 3.05) is 121 Å². The minimum absolute atomic E-state index is 0.437. The fourth-order valence-corrected chi connectivity index (χ4v) is 17.4. The molecule has 0 unspecified atom stereocenters. The molecule has 4 aliphatic heterocycles. The first-order chi connectivity index (χ1) is 70.9. The number of piperidine rings is 2. The van der Waals surface area contributed by atoms with Crippen LogP contribution in [0.2, 0.25) is 0 Å². The number of anilines is 7. The minimum Gasteiger partial charge on any atom is -0.478 e. The van der Waals surface area contributed by atoms with Crippen LogP contribution in [0.1, 0.15) is 390 Å². The fraction of sp³-hybridized carbons (Fsp3) is 0.508. The molecule has 11 aromatic heterocycles. The Hall–Kier alpha value is -12.2. The monoisotopic (exact) mass is 2010 g/mol. The Kier molecular flexibility index (Phi) is 55.0. The van der Waals surface area contributed by atoms with Crippen LogP contribution in [0.15, 0.2) is 232 Å². The molecule has 2 aromatic carbocycles. The number of nitrogens with zero attached hydrogens (tertiary/aromatic N) is 16. The van der Waals surface area contributed by atoms with Crippen LogP contribution in [0.5, 0.6) is 11.8 Å². The number of hydrogen-bond acceptors (Lipinski definition) is 20. The Morgan fingerprint density at radius 3 is 1.12 bits per heavy atom. The van der Waals surface area contributed by atoms with Gasteiger partial charge in [-0.1, -0.05) is 263 Å². The molecule has 4 aliphatic rings. The SMILES string of the molecule is CC(C)CNc1ncccc1C(C)C.CC(C)Nc1ncccc1C(C)C.CC(C)c1cc2ccccc2cn1.CC(C)c1ccc(N2CCCC2)nc1.CC(C)c1ccc(N2CCCCC2)nc1.CC(C)c1cccnc1N(C)C.CC(C)c1cccnc1N1CCCC1.CC(C)c1cccnc1N1CCCCC1.CC(C)c1nccc2ccccc12.CCOc1ncc(C)cc1C(C)C.CCOc1ncccc1C(C)C. The summed E-state index contributed by atoms with van der Waals surface area (Å²) < 4.78 is 10.8. The third-order valence-corrected chi connectivity index (χ3v) is 25.9. The summed E-state index contributed by atoms with van der Waals surface area (Å²) in [6.07, 6.45) is 34.1. The second-order valence-corrected chi connectivity index (χ2v) is 43.2. The van der Waals surface area contributed by atoms with Gasteiger partial charge in [-0.2, -0.15) is 0 Å². The Morgan fingerprint density at radius 1 is 0.304 bits per heavy atom. The highest BCUT2D eigenvalue weighted by Crippen LogP contribution is 2.34. The van der Waals surface area contributed by atoms with Crippen LogP contribution in [0, 0.1) is 12.8 Å². The summed E-state index contributed by atoms with van der Waals surface area (Å²) in [7, 11) is 4.04. The van der Waals surface area contributed by atoms with Crippen LogP contribution >= 0.6 is 0 Å². The average molecular weight is 2010 g/mol. The molecule has 13 aromatic rings. The first-order valence-electron chi connectivity index (χ1n) is 55.6. The van der Waals surface area contributed by atoms with Gasteiger partial charge in [0.15, 0.2) is 0 Å². The number of aryl methyl sites for hydroxylation is 1. The van der Waals surface area contributed by atoms with Gasteiger partial charge in [0.05, 0.1) is 18.9 Å². The maximum absolute atomic E-state index is 5.44. The third-order valence-electron chi connectivity index (χ3n) is 25.9. The maximum Gasteiger partial charge on any atom is 0.216 e. The van der Waals surface area contributed by atoms with Crippen LogP contribution in [-0.2, 0) is 0 Å². The number of rotatable bonds is 25. The van der Waals surface area contributed by atoms with Crippen molar-refractivity contribution in [2.24, 2.45) is 5.92 Å². The van der Waals surface area contributed by atoms with Crippen molar-refractivity contribution in [3.05, 3.63) is 299 Å². The van der Waals surface area contributed by atoms with Gasteiger partial charge in [0.1, 0.15) is 40.7 Å². The average Bonchev–Trinajstić information content (AvgIpc) is 1.54. The quantitative estimate of drug-likeness (QED) is 0.0547. The molecular weight excluding hydrogens is 1820 g/mol. The molecule has 0 amide bonds. The Bertz CT molecular complexity index is 5770. The lowest BCUT2D eigenvalue weighted by atomic mass is 10.0. The highest BCUT2D eigenvalue weighted by atomic mass is 16.5. The number of ether oxygens (including phenoxy) is 2. The zero-order valence-electron chi connectivity index (χ0n) is 96.8. The molecule has 0 spiro atoms. The predicted octanol–water partition coefficient (Wildman–Crippen LogP) is 32.8. The molecule has 0 saturated carbocycles. The van der Waals surface area contributed by atoms with E-state index in [0.717, 1.165) is 47.4 Å². The summed E-state index contributed by atoms with van der Waals surface area (Å²) in [5.41, 5.74) is 15.2. The topological polar surface area (TPSA) is 201 Å². The van der Waals surface area contributed by atoms with E-state index in [1.807, 2.05) is 132 Å². The summed E-state index contributed by atoms with van der Waals surface area (Å²) in [5, 5.41) is 11.8. The van der Waals surface area contributed by atoms with Crippen molar-refractivity contribution in [1.82, 2.24) is 54.8 Å². The van der Waals surface area contributed by atoms with Crippen molar-refractivity contribution in [3.8, 4) is 11.8 Å². The molecule has 20 nitrogen and oxygen atoms in total. The largest absolute Gasteiger partial charge is 0.478 e. The van der Waals surface area contributed by atoms with Gasteiger partial charge in [0.25, 0.3) is 0 Å². The summed E-state index contributed by atoms with van der Waals surface area (Å²) in [6.45, 7) is 74.5. The van der Waals surface area contributed by atoms with E-state index >= 15 is 0 Å². The van der Waals surface area contributed by atoms with Crippen LogP contribution in [-0.4, -0.2) is 147 Å². The lowest BCUT2D eigenvalue weighted by Crippen LogP contribution is -2.31. The van der Waals surface area contributed by atoms with E-state index in [1.165, 1.54) is 217 Å². The van der Waals surface area contributed by atoms with Gasteiger partial charge in [-0.15, -0.1) is 0 Å². The highest BCUT2D eigenvalue weighted by molar-refractivity contribution is 5.85. The van der Waals surface area contributed by atoms with Gasteiger partial charge >= 0.3 is 0 Å². The number of fused-ring (bicyclic) bond motifs is 2. The first-order valence-corrected chi connectivity index (χ1v) is 55.6. The van der Waals surface area contributed by atoms with E-state index in [4.69, 9.17) is 9.47 Å². The molecule has 15 heterocycles. The molecule has 0 radical (unpaired) electrons. The summed E-state index contributed by atoms with van der Waals surface area (Å²) in [6, 6.07) is 57.1. The predicted molar refractivity (Wildman–Crippen MR) is 635 cm³/mol. The van der Waals surface area contributed by atoms with E-state index in [9.17, 15) is 0 Å². The Labute approximate surface area is 895 Å². The van der Waals surface area contributed by atoms with E-state index in [2.05, 4.69) is 398 Å².